The van der Waals surface area contributed by atoms with Gasteiger partial charge in [0.1, 0.15) is 10.6 Å². The Morgan fingerprint density at radius 3 is 2.56 bits per heavy atom. The monoisotopic (exact) mass is 421 g/mol. The van der Waals surface area contributed by atoms with Crippen molar-refractivity contribution in [2.75, 3.05) is 37.0 Å². The van der Waals surface area contributed by atoms with Crippen molar-refractivity contribution in [3.05, 3.63) is 18.2 Å². The van der Waals surface area contributed by atoms with E-state index in [2.05, 4.69) is 5.32 Å². The van der Waals surface area contributed by atoms with Gasteiger partial charge in [-0.05, 0) is 18.2 Å². The molecule has 1 amide bonds. The number of benzene rings is 1. The molecule has 2 rings (SSSR count). The highest BCUT2D eigenvalue weighted by molar-refractivity contribution is 7.92. The van der Waals surface area contributed by atoms with Crippen molar-refractivity contribution in [3.8, 4) is 5.75 Å². The number of nitrogens with two attached hydrogens (primary N) is 1. The molecule has 1 aromatic rings. The zero-order valence-electron chi connectivity index (χ0n) is 15.0. The SMILES string of the molecule is COc1ccc(NC(C)=O)cc1S(=O)(=O)N(CCN)[C@@H]1CS(=O)(=O)C[C@H]1O. The van der Waals surface area contributed by atoms with E-state index in [1.165, 1.54) is 32.2 Å². The molecule has 0 saturated carbocycles. The van der Waals surface area contributed by atoms with Crippen LogP contribution in [0.2, 0.25) is 0 Å². The molecular formula is C15H23N3O7S2. The molecule has 1 aliphatic heterocycles. The van der Waals surface area contributed by atoms with Crippen LogP contribution in [0, 0.1) is 0 Å². The summed E-state index contributed by atoms with van der Waals surface area (Å²) in [5, 5.41) is 12.6. The summed E-state index contributed by atoms with van der Waals surface area (Å²) in [6.07, 6.45) is -1.36. The quantitative estimate of drug-likeness (QED) is 0.494. The second-order valence-corrected chi connectivity index (χ2v) is 10.2. The number of nitrogens with zero attached hydrogens (tertiary/aromatic N) is 1. The number of amides is 1. The Hall–Kier alpha value is -1.73. The van der Waals surface area contributed by atoms with E-state index in [0.717, 1.165) is 4.31 Å². The summed E-state index contributed by atoms with van der Waals surface area (Å²) in [6.45, 7) is 1.02. The van der Waals surface area contributed by atoms with E-state index in [1.54, 1.807) is 0 Å². The average Bonchev–Trinajstić information content (AvgIpc) is 2.84. The molecule has 10 nitrogen and oxygen atoms in total. The molecule has 0 radical (unpaired) electrons. The minimum absolute atomic E-state index is 0.0152. The third-order valence-corrected chi connectivity index (χ3v) is 7.73. The number of hydrogen-bond donors (Lipinski definition) is 3. The summed E-state index contributed by atoms with van der Waals surface area (Å²) >= 11 is 0. The van der Waals surface area contributed by atoms with E-state index >= 15 is 0 Å². The van der Waals surface area contributed by atoms with Gasteiger partial charge in [-0.3, -0.25) is 4.79 Å². The molecule has 0 aromatic heterocycles. The van der Waals surface area contributed by atoms with Gasteiger partial charge in [-0.15, -0.1) is 0 Å². The lowest BCUT2D eigenvalue weighted by Crippen LogP contribution is -2.48. The van der Waals surface area contributed by atoms with Gasteiger partial charge in [0.15, 0.2) is 9.84 Å². The molecule has 4 N–H and O–H groups in total. The zero-order chi connectivity index (χ0) is 20.4. The van der Waals surface area contributed by atoms with Gasteiger partial charge in [-0.2, -0.15) is 4.31 Å². The Morgan fingerprint density at radius 1 is 1.41 bits per heavy atom. The fourth-order valence-corrected chi connectivity index (χ4v) is 6.71. The highest BCUT2D eigenvalue weighted by Crippen LogP contribution is 2.32. The van der Waals surface area contributed by atoms with Gasteiger partial charge in [-0.1, -0.05) is 0 Å². The van der Waals surface area contributed by atoms with Crippen LogP contribution in [0.5, 0.6) is 5.75 Å². The second kappa shape index (κ2) is 8.10. The highest BCUT2D eigenvalue weighted by atomic mass is 32.2. The molecule has 152 valence electrons. The topological polar surface area (TPSA) is 156 Å². The van der Waals surface area contributed by atoms with Gasteiger partial charge in [0.25, 0.3) is 0 Å². The van der Waals surface area contributed by atoms with Crippen molar-refractivity contribution >= 4 is 31.5 Å². The predicted octanol–water partition coefficient (Wildman–Crippen LogP) is -1.24. The third-order valence-electron chi connectivity index (χ3n) is 4.08. The number of sulfonamides is 1. The van der Waals surface area contributed by atoms with Crippen LogP contribution < -0.4 is 15.8 Å². The summed E-state index contributed by atoms with van der Waals surface area (Å²) in [6, 6.07) is 2.91. The number of ether oxygens (including phenoxy) is 1. The minimum Gasteiger partial charge on any atom is -0.495 e. The van der Waals surface area contributed by atoms with Crippen molar-refractivity contribution < 1.29 is 31.5 Å². The number of aliphatic hydroxyl groups is 1. The first-order valence-electron chi connectivity index (χ1n) is 8.08. The molecule has 0 aliphatic carbocycles. The van der Waals surface area contributed by atoms with E-state index in [4.69, 9.17) is 10.5 Å². The molecule has 1 aromatic carbocycles. The summed E-state index contributed by atoms with van der Waals surface area (Å²) < 4.78 is 56.2. The first kappa shape index (κ1) is 21.6. The Labute approximate surface area is 158 Å². The van der Waals surface area contributed by atoms with Crippen LogP contribution in [-0.2, 0) is 24.7 Å². The fraction of sp³-hybridized carbons (Fsp3) is 0.533. The van der Waals surface area contributed by atoms with Gasteiger partial charge < -0.3 is 20.9 Å². The second-order valence-electron chi connectivity index (χ2n) is 6.16. The van der Waals surface area contributed by atoms with Crippen LogP contribution in [0.3, 0.4) is 0 Å². The van der Waals surface area contributed by atoms with Gasteiger partial charge in [0.2, 0.25) is 15.9 Å². The van der Waals surface area contributed by atoms with Crippen LogP contribution >= 0.6 is 0 Å². The molecule has 27 heavy (non-hydrogen) atoms. The van der Waals surface area contributed by atoms with Gasteiger partial charge in [0.05, 0.1) is 30.8 Å². The number of carbonyl (C=O) groups excluding carboxylic acids is 1. The standard InChI is InChI=1S/C15H23N3O7S2/c1-10(19)17-11-3-4-14(25-2)15(7-11)27(23,24)18(6-5-16)12-8-26(21,22)9-13(12)20/h3-4,7,12-13,20H,5-6,8-9,16H2,1-2H3,(H,17,19)/t12-,13-/m1/s1. The molecule has 0 bridgehead atoms. The van der Waals surface area contributed by atoms with Crippen molar-refractivity contribution in [2.24, 2.45) is 5.73 Å². The lowest BCUT2D eigenvalue weighted by atomic mass is 10.2. The number of methoxy groups -OCH3 is 1. The molecule has 1 saturated heterocycles. The Morgan fingerprint density at radius 2 is 2.07 bits per heavy atom. The summed E-state index contributed by atoms with van der Waals surface area (Å²) in [4.78, 5) is 11.0. The predicted molar refractivity (Wildman–Crippen MR) is 98.7 cm³/mol. The maximum absolute atomic E-state index is 13.3. The van der Waals surface area contributed by atoms with Gasteiger partial charge >= 0.3 is 0 Å². The zero-order valence-corrected chi connectivity index (χ0v) is 16.6. The van der Waals surface area contributed by atoms with Gasteiger partial charge in [-0.25, -0.2) is 16.8 Å². The largest absolute Gasteiger partial charge is 0.495 e. The van der Waals surface area contributed by atoms with E-state index in [-0.39, 0.29) is 35.3 Å². The van der Waals surface area contributed by atoms with E-state index in [0.29, 0.717) is 0 Å². The molecular weight excluding hydrogens is 398 g/mol. The molecule has 0 spiro atoms. The molecule has 0 unspecified atom stereocenters. The molecule has 1 aliphatic rings. The normalized spacial score (nSPS) is 22.0. The first-order valence-corrected chi connectivity index (χ1v) is 11.3. The van der Waals surface area contributed by atoms with Gasteiger partial charge in [0, 0.05) is 25.7 Å². The Balaban J connectivity index is 2.54. The van der Waals surface area contributed by atoms with E-state index in [1.807, 2.05) is 0 Å². The number of anilines is 1. The third kappa shape index (κ3) is 4.76. The summed E-state index contributed by atoms with van der Waals surface area (Å²) in [5.74, 6) is -1.39. The molecule has 1 heterocycles. The van der Waals surface area contributed by atoms with Crippen molar-refractivity contribution in [2.45, 2.75) is 24.0 Å². The number of aliphatic hydroxyl groups excluding tert-OH is 1. The first-order chi connectivity index (χ1) is 12.5. The maximum atomic E-state index is 13.3. The van der Waals surface area contributed by atoms with Crippen LogP contribution in [0.1, 0.15) is 6.92 Å². The number of sulfone groups is 1. The van der Waals surface area contributed by atoms with Crippen molar-refractivity contribution in [3.63, 3.8) is 0 Å². The number of rotatable bonds is 7. The lowest BCUT2D eigenvalue weighted by Gasteiger charge is -2.29. The molecule has 1 fully saturated rings. The van der Waals surface area contributed by atoms with Crippen molar-refractivity contribution in [1.82, 2.24) is 4.31 Å². The molecule has 12 heteroatoms. The number of hydrogen-bond acceptors (Lipinski definition) is 8. The van der Waals surface area contributed by atoms with Crippen LogP contribution in [0.15, 0.2) is 23.1 Å². The number of carbonyl (C=O) groups is 1. The van der Waals surface area contributed by atoms with Crippen LogP contribution in [-0.4, -0.2) is 76.0 Å². The molecule has 2 atom stereocenters. The lowest BCUT2D eigenvalue weighted by molar-refractivity contribution is -0.114. The van der Waals surface area contributed by atoms with E-state index in [9.17, 15) is 26.7 Å². The minimum atomic E-state index is -4.28. The summed E-state index contributed by atoms with van der Waals surface area (Å²) in [7, 11) is -6.57. The van der Waals surface area contributed by atoms with E-state index < -0.39 is 43.5 Å². The summed E-state index contributed by atoms with van der Waals surface area (Å²) in [5.41, 5.74) is 5.76. The Kier molecular flexibility index (Phi) is 6.47. The highest BCUT2D eigenvalue weighted by Gasteiger charge is 2.45. The maximum Gasteiger partial charge on any atom is 0.247 e. The Bertz CT molecular complexity index is 915. The van der Waals surface area contributed by atoms with Crippen molar-refractivity contribution in [1.29, 1.82) is 0 Å². The average molecular weight is 421 g/mol. The smallest absolute Gasteiger partial charge is 0.247 e. The fourth-order valence-electron chi connectivity index (χ4n) is 2.96. The van der Waals surface area contributed by atoms with Crippen LogP contribution in [0.4, 0.5) is 5.69 Å². The van der Waals surface area contributed by atoms with Crippen LogP contribution in [0.25, 0.3) is 0 Å². The number of nitrogens with one attached hydrogen (secondary N) is 1.